The molecule has 0 saturated carbocycles. The number of hydrogen-bond acceptors (Lipinski definition) is 2. The van der Waals surface area contributed by atoms with Crippen molar-refractivity contribution in [1.82, 2.24) is 4.31 Å². The predicted octanol–water partition coefficient (Wildman–Crippen LogP) is 1.33. The summed E-state index contributed by atoms with van der Waals surface area (Å²) in [6.45, 7) is 7.37. The number of rotatable bonds is 1. The number of hydrogen-bond donors (Lipinski definition) is 0. The maximum atomic E-state index is 11.5. The quantitative estimate of drug-likeness (QED) is 0.624. The van der Waals surface area contributed by atoms with Crippen LogP contribution in [-0.2, 0) is 10.0 Å². The molecule has 1 saturated heterocycles. The number of nitrogens with zero attached hydrogens (tertiary/aromatic N) is 1. The molecule has 1 aliphatic rings. The van der Waals surface area contributed by atoms with Crippen LogP contribution in [0.25, 0.3) is 0 Å². The minimum Gasteiger partial charge on any atom is -0.272 e. The molecule has 0 bridgehead atoms. The van der Waals surface area contributed by atoms with Crippen molar-refractivity contribution in [2.24, 2.45) is 0 Å². The summed E-state index contributed by atoms with van der Waals surface area (Å²) in [4.78, 5) is 0. The van der Waals surface area contributed by atoms with Crippen molar-refractivity contribution < 1.29 is 8.42 Å². The molecule has 1 fully saturated rings. The summed E-state index contributed by atoms with van der Waals surface area (Å²) in [6, 6.07) is 0. The van der Waals surface area contributed by atoms with E-state index >= 15 is 0 Å². The minimum atomic E-state index is -3.07. The fourth-order valence-corrected chi connectivity index (χ4v) is 3.41. The standard InChI is InChI=1S/C8H15NO2S/c1-4-9-8(2,3)6-5-7-12(9,10)11/h4H,1,5-7H2,2-3H3. The first-order chi connectivity index (χ1) is 5.40. The summed E-state index contributed by atoms with van der Waals surface area (Å²) in [5.41, 5.74) is -0.293. The molecule has 0 aromatic heterocycles. The SMILES string of the molecule is C=CN1C(C)(C)CCCS1(=O)=O. The second-order valence-electron chi connectivity index (χ2n) is 3.71. The first kappa shape index (κ1) is 9.58. The zero-order valence-electron chi connectivity index (χ0n) is 7.58. The average Bonchev–Trinajstić information content (AvgIpc) is 1.83. The van der Waals surface area contributed by atoms with Crippen LogP contribution in [0.3, 0.4) is 0 Å². The van der Waals surface area contributed by atoms with Gasteiger partial charge in [0.2, 0.25) is 10.0 Å². The largest absolute Gasteiger partial charge is 0.272 e. The monoisotopic (exact) mass is 189 g/mol. The highest BCUT2D eigenvalue weighted by Crippen LogP contribution is 2.29. The molecule has 0 aromatic carbocycles. The van der Waals surface area contributed by atoms with Gasteiger partial charge in [-0.2, -0.15) is 0 Å². The molecule has 1 aliphatic heterocycles. The molecule has 0 aromatic rings. The van der Waals surface area contributed by atoms with E-state index < -0.39 is 10.0 Å². The van der Waals surface area contributed by atoms with Gasteiger partial charge in [0.25, 0.3) is 0 Å². The first-order valence-electron chi connectivity index (χ1n) is 4.05. The molecule has 4 heteroatoms. The highest BCUT2D eigenvalue weighted by molar-refractivity contribution is 7.89. The minimum absolute atomic E-state index is 0.252. The molecule has 1 heterocycles. The van der Waals surface area contributed by atoms with Gasteiger partial charge in [-0.05, 0) is 26.7 Å². The molecule has 0 aliphatic carbocycles. The zero-order chi connectivity index (χ0) is 9.41. The van der Waals surface area contributed by atoms with E-state index in [0.717, 1.165) is 12.8 Å². The van der Waals surface area contributed by atoms with Crippen molar-refractivity contribution in [2.75, 3.05) is 5.75 Å². The van der Waals surface area contributed by atoms with Gasteiger partial charge in [-0.1, -0.05) is 6.58 Å². The Morgan fingerprint density at radius 2 is 2.08 bits per heavy atom. The van der Waals surface area contributed by atoms with E-state index in [4.69, 9.17) is 0 Å². The smallest absolute Gasteiger partial charge is 0.235 e. The maximum Gasteiger partial charge on any atom is 0.235 e. The molecule has 0 atom stereocenters. The topological polar surface area (TPSA) is 37.4 Å². The molecule has 0 N–H and O–H groups in total. The Kier molecular flexibility index (Phi) is 2.21. The van der Waals surface area contributed by atoms with Crippen molar-refractivity contribution in [2.45, 2.75) is 32.2 Å². The molecule has 0 spiro atoms. The Morgan fingerprint density at radius 3 is 2.42 bits per heavy atom. The normalized spacial score (nSPS) is 26.7. The Bertz CT molecular complexity index is 279. The molecule has 0 amide bonds. The Morgan fingerprint density at radius 1 is 1.50 bits per heavy atom. The third-order valence-corrected chi connectivity index (χ3v) is 4.30. The van der Waals surface area contributed by atoms with Crippen LogP contribution < -0.4 is 0 Å². The van der Waals surface area contributed by atoms with Gasteiger partial charge in [-0.15, -0.1) is 0 Å². The number of sulfonamides is 1. The summed E-state index contributed by atoms with van der Waals surface area (Å²) >= 11 is 0. The lowest BCUT2D eigenvalue weighted by atomic mass is 9.99. The van der Waals surface area contributed by atoms with Gasteiger partial charge < -0.3 is 0 Å². The Balaban J connectivity index is 3.05. The van der Waals surface area contributed by atoms with Gasteiger partial charge in [-0.3, -0.25) is 4.31 Å². The Labute approximate surface area is 74.1 Å². The van der Waals surface area contributed by atoms with E-state index in [-0.39, 0.29) is 11.3 Å². The zero-order valence-corrected chi connectivity index (χ0v) is 8.39. The summed E-state index contributed by atoms with van der Waals surface area (Å²) in [6.07, 6.45) is 3.06. The molecule has 0 unspecified atom stereocenters. The lowest BCUT2D eigenvalue weighted by Gasteiger charge is -2.40. The molecular formula is C8H15NO2S. The third kappa shape index (κ3) is 1.48. The van der Waals surface area contributed by atoms with Crippen molar-refractivity contribution in [3.8, 4) is 0 Å². The fraction of sp³-hybridized carbons (Fsp3) is 0.750. The highest BCUT2D eigenvalue weighted by Gasteiger charge is 2.36. The summed E-state index contributed by atoms with van der Waals surface area (Å²) < 4.78 is 24.3. The van der Waals surface area contributed by atoms with Crippen molar-refractivity contribution in [3.63, 3.8) is 0 Å². The summed E-state index contributed by atoms with van der Waals surface area (Å²) in [5, 5.41) is 0. The molecule has 3 nitrogen and oxygen atoms in total. The maximum absolute atomic E-state index is 11.5. The lowest BCUT2D eigenvalue weighted by molar-refractivity contribution is 0.254. The molecule has 0 radical (unpaired) electrons. The molecule has 70 valence electrons. The van der Waals surface area contributed by atoms with Crippen molar-refractivity contribution in [3.05, 3.63) is 12.8 Å². The first-order valence-corrected chi connectivity index (χ1v) is 5.66. The van der Waals surface area contributed by atoms with Crippen LogP contribution in [0.4, 0.5) is 0 Å². The Hall–Kier alpha value is -0.510. The van der Waals surface area contributed by atoms with Gasteiger partial charge in [0.1, 0.15) is 0 Å². The van der Waals surface area contributed by atoms with Crippen molar-refractivity contribution >= 4 is 10.0 Å². The predicted molar refractivity (Wildman–Crippen MR) is 49.1 cm³/mol. The fourth-order valence-electron chi connectivity index (χ4n) is 1.63. The average molecular weight is 189 g/mol. The second-order valence-corrected chi connectivity index (χ2v) is 5.68. The highest BCUT2D eigenvalue weighted by atomic mass is 32.2. The second kappa shape index (κ2) is 2.76. The lowest BCUT2D eigenvalue weighted by Crippen LogP contribution is -2.48. The van der Waals surface area contributed by atoms with E-state index in [2.05, 4.69) is 6.58 Å². The van der Waals surface area contributed by atoms with Gasteiger partial charge in [0.05, 0.1) is 5.75 Å². The summed E-state index contributed by atoms with van der Waals surface area (Å²) in [7, 11) is -3.07. The third-order valence-electron chi connectivity index (χ3n) is 2.25. The molecular weight excluding hydrogens is 174 g/mol. The van der Waals surface area contributed by atoms with Gasteiger partial charge in [0, 0.05) is 11.7 Å². The van der Waals surface area contributed by atoms with Gasteiger partial charge in [0.15, 0.2) is 0 Å². The van der Waals surface area contributed by atoms with E-state index in [1.807, 2.05) is 13.8 Å². The van der Waals surface area contributed by atoms with Crippen LogP contribution in [0.5, 0.6) is 0 Å². The van der Waals surface area contributed by atoms with Crippen LogP contribution in [0.1, 0.15) is 26.7 Å². The van der Waals surface area contributed by atoms with E-state index in [9.17, 15) is 8.42 Å². The van der Waals surface area contributed by atoms with E-state index in [1.54, 1.807) is 0 Å². The molecule has 1 rings (SSSR count). The van der Waals surface area contributed by atoms with Crippen LogP contribution in [0.15, 0.2) is 12.8 Å². The van der Waals surface area contributed by atoms with Crippen LogP contribution in [-0.4, -0.2) is 24.0 Å². The van der Waals surface area contributed by atoms with Crippen molar-refractivity contribution in [1.29, 1.82) is 0 Å². The van der Waals surface area contributed by atoms with Crippen LogP contribution in [0, 0.1) is 0 Å². The summed E-state index contributed by atoms with van der Waals surface area (Å²) in [5.74, 6) is 0.252. The van der Waals surface area contributed by atoms with Crippen LogP contribution >= 0.6 is 0 Å². The van der Waals surface area contributed by atoms with E-state index in [1.165, 1.54) is 10.5 Å². The van der Waals surface area contributed by atoms with E-state index in [0.29, 0.717) is 0 Å². The van der Waals surface area contributed by atoms with Gasteiger partial charge >= 0.3 is 0 Å². The van der Waals surface area contributed by atoms with Gasteiger partial charge in [-0.25, -0.2) is 8.42 Å². The van der Waals surface area contributed by atoms with Crippen LogP contribution in [0.2, 0.25) is 0 Å². The molecule has 12 heavy (non-hydrogen) atoms.